The molecule has 0 saturated heterocycles. The number of rotatable bonds is 6. The van der Waals surface area contributed by atoms with E-state index in [0.29, 0.717) is 11.1 Å². The van der Waals surface area contributed by atoms with E-state index in [1.165, 1.54) is 0 Å². The van der Waals surface area contributed by atoms with Crippen LogP contribution in [0.1, 0.15) is 36.8 Å². The standard InChI is InChI=1S/C22H24N2O5/c25-19(24-21(27)23-18-13-7-8-14-18)15-29-20(26)22(28,16-9-3-1-4-10-16)17-11-5-2-6-12-17/h1-6,9-12,18,28H,7-8,13-15H2,(H2,23,24,25,27). The number of nitrogens with one attached hydrogen (secondary N) is 2. The van der Waals surface area contributed by atoms with Crippen LogP contribution in [0.3, 0.4) is 0 Å². The molecule has 7 nitrogen and oxygen atoms in total. The van der Waals surface area contributed by atoms with Gasteiger partial charge in [-0.1, -0.05) is 73.5 Å². The maximum atomic E-state index is 12.8. The number of amides is 3. The lowest BCUT2D eigenvalue weighted by Gasteiger charge is -2.26. The summed E-state index contributed by atoms with van der Waals surface area (Å²) in [5.41, 5.74) is -1.44. The van der Waals surface area contributed by atoms with E-state index < -0.39 is 30.1 Å². The molecule has 0 heterocycles. The topological polar surface area (TPSA) is 105 Å². The molecule has 1 aliphatic rings. The smallest absolute Gasteiger partial charge is 0.348 e. The summed E-state index contributed by atoms with van der Waals surface area (Å²) in [7, 11) is 0. The minimum absolute atomic E-state index is 0.0617. The van der Waals surface area contributed by atoms with Crippen molar-refractivity contribution in [2.45, 2.75) is 37.3 Å². The monoisotopic (exact) mass is 396 g/mol. The fourth-order valence-corrected chi connectivity index (χ4v) is 3.45. The van der Waals surface area contributed by atoms with Crippen LogP contribution < -0.4 is 10.6 Å². The van der Waals surface area contributed by atoms with Gasteiger partial charge in [0.05, 0.1) is 0 Å². The lowest BCUT2D eigenvalue weighted by Crippen LogP contribution is -2.46. The number of benzene rings is 2. The zero-order valence-electron chi connectivity index (χ0n) is 16.0. The number of carbonyl (C=O) groups excluding carboxylic acids is 3. The Morgan fingerprint density at radius 3 is 1.97 bits per heavy atom. The summed E-state index contributed by atoms with van der Waals surface area (Å²) in [5.74, 6) is -1.77. The normalized spacial score (nSPS) is 14.2. The highest BCUT2D eigenvalue weighted by molar-refractivity contribution is 5.96. The molecule has 0 atom stereocenters. The summed E-state index contributed by atoms with van der Waals surface area (Å²) in [5, 5.41) is 16.1. The second-order valence-corrected chi connectivity index (χ2v) is 7.02. The SMILES string of the molecule is O=C(COC(=O)C(O)(c1ccccc1)c1ccccc1)NC(=O)NC1CCCC1. The van der Waals surface area contributed by atoms with E-state index in [9.17, 15) is 19.5 Å². The van der Waals surface area contributed by atoms with Crippen LogP contribution in [-0.4, -0.2) is 35.7 Å². The third kappa shape index (κ3) is 5.00. The molecule has 3 amide bonds. The molecule has 0 aliphatic heterocycles. The van der Waals surface area contributed by atoms with Gasteiger partial charge < -0.3 is 15.2 Å². The van der Waals surface area contributed by atoms with Crippen LogP contribution >= 0.6 is 0 Å². The lowest BCUT2D eigenvalue weighted by molar-refractivity contribution is -0.164. The second-order valence-electron chi connectivity index (χ2n) is 7.02. The number of imide groups is 1. The molecule has 0 aromatic heterocycles. The van der Waals surface area contributed by atoms with Crippen molar-refractivity contribution < 1.29 is 24.2 Å². The van der Waals surface area contributed by atoms with Crippen molar-refractivity contribution in [1.29, 1.82) is 0 Å². The molecule has 1 aliphatic carbocycles. The van der Waals surface area contributed by atoms with Gasteiger partial charge in [-0.05, 0) is 24.0 Å². The Kier molecular flexibility index (Phi) is 6.61. The van der Waals surface area contributed by atoms with E-state index >= 15 is 0 Å². The summed E-state index contributed by atoms with van der Waals surface area (Å²) in [6.45, 7) is -0.682. The van der Waals surface area contributed by atoms with Gasteiger partial charge >= 0.3 is 12.0 Å². The zero-order chi connectivity index (χ0) is 20.7. The van der Waals surface area contributed by atoms with E-state index in [1.807, 2.05) is 0 Å². The van der Waals surface area contributed by atoms with E-state index in [2.05, 4.69) is 10.6 Å². The van der Waals surface area contributed by atoms with Crippen LogP contribution in [0.25, 0.3) is 0 Å². The minimum atomic E-state index is -2.07. The maximum absolute atomic E-state index is 12.8. The largest absolute Gasteiger partial charge is 0.453 e. The molecule has 152 valence electrons. The summed E-state index contributed by atoms with van der Waals surface area (Å²) in [4.78, 5) is 36.6. The molecular weight excluding hydrogens is 372 g/mol. The molecular formula is C22H24N2O5. The third-order valence-corrected chi connectivity index (χ3v) is 4.96. The molecule has 3 rings (SSSR count). The third-order valence-electron chi connectivity index (χ3n) is 4.96. The first-order chi connectivity index (χ1) is 14.0. The van der Waals surface area contributed by atoms with Gasteiger partial charge in [-0.2, -0.15) is 0 Å². The average molecular weight is 396 g/mol. The Labute approximate surface area is 169 Å². The first kappa shape index (κ1) is 20.5. The number of hydrogen-bond donors (Lipinski definition) is 3. The Morgan fingerprint density at radius 1 is 0.931 bits per heavy atom. The molecule has 3 N–H and O–H groups in total. The van der Waals surface area contributed by atoms with Crippen molar-refractivity contribution in [2.24, 2.45) is 0 Å². The Hall–Kier alpha value is -3.19. The zero-order valence-corrected chi connectivity index (χ0v) is 16.0. The highest BCUT2D eigenvalue weighted by Crippen LogP contribution is 2.30. The highest BCUT2D eigenvalue weighted by Gasteiger charge is 2.41. The quantitative estimate of drug-likeness (QED) is 0.650. The Balaban J connectivity index is 1.64. The summed E-state index contributed by atoms with van der Waals surface area (Å²) < 4.78 is 5.07. The van der Waals surface area contributed by atoms with Crippen LogP contribution in [0.15, 0.2) is 60.7 Å². The van der Waals surface area contributed by atoms with E-state index in [1.54, 1.807) is 60.7 Å². The molecule has 2 aromatic carbocycles. The van der Waals surface area contributed by atoms with Gasteiger partial charge in [-0.25, -0.2) is 9.59 Å². The number of esters is 1. The van der Waals surface area contributed by atoms with Gasteiger partial charge in [0.2, 0.25) is 5.60 Å². The highest BCUT2D eigenvalue weighted by atomic mass is 16.6. The molecule has 29 heavy (non-hydrogen) atoms. The van der Waals surface area contributed by atoms with Crippen LogP contribution in [0.4, 0.5) is 4.79 Å². The molecule has 1 saturated carbocycles. The fourth-order valence-electron chi connectivity index (χ4n) is 3.45. The molecule has 0 radical (unpaired) electrons. The minimum Gasteiger partial charge on any atom is -0.453 e. The van der Waals surface area contributed by atoms with Crippen molar-refractivity contribution >= 4 is 17.9 Å². The van der Waals surface area contributed by atoms with Gasteiger partial charge in [0.1, 0.15) is 0 Å². The molecule has 0 spiro atoms. The van der Waals surface area contributed by atoms with E-state index in [4.69, 9.17) is 4.74 Å². The van der Waals surface area contributed by atoms with Crippen LogP contribution in [0, 0.1) is 0 Å². The first-order valence-electron chi connectivity index (χ1n) is 9.61. The maximum Gasteiger partial charge on any atom is 0.348 e. The Bertz CT molecular complexity index is 809. The van der Waals surface area contributed by atoms with E-state index in [-0.39, 0.29) is 6.04 Å². The van der Waals surface area contributed by atoms with E-state index in [0.717, 1.165) is 25.7 Å². The molecule has 0 bridgehead atoms. The van der Waals surface area contributed by atoms with Crippen molar-refractivity contribution in [3.05, 3.63) is 71.8 Å². The summed E-state index contributed by atoms with van der Waals surface area (Å²) in [6, 6.07) is 16.1. The molecule has 2 aromatic rings. The van der Waals surface area contributed by atoms with Crippen LogP contribution in [0.5, 0.6) is 0 Å². The summed E-state index contributed by atoms with van der Waals surface area (Å²) in [6.07, 6.45) is 3.87. The van der Waals surface area contributed by atoms with Crippen LogP contribution in [-0.2, 0) is 19.9 Å². The average Bonchev–Trinajstić information content (AvgIpc) is 3.25. The number of hydrogen-bond acceptors (Lipinski definition) is 5. The van der Waals surface area contributed by atoms with Crippen molar-refractivity contribution in [3.8, 4) is 0 Å². The van der Waals surface area contributed by atoms with Gasteiger partial charge in [-0.15, -0.1) is 0 Å². The second kappa shape index (κ2) is 9.34. The van der Waals surface area contributed by atoms with Crippen molar-refractivity contribution in [3.63, 3.8) is 0 Å². The molecule has 1 fully saturated rings. The lowest BCUT2D eigenvalue weighted by atomic mass is 9.86. The fraction of sp³-hybridized carbons (Fsp3) is 0.318. The van der Waals surface area contributed by atoms with Gasteiger partial charge in [0.15, 0.2) is 6.61 Å². The van der Waals surface area contributed by atoms with Gasteiger partial charge in [-0.3, -0.25) is 10.1 Å². The van der Waals surface area contributed by atoms with Gasteiger partial charge in [0.25, 0.3) is 5.91 Å². The van der Waals surface area contributed by atoms with Gasteiger partial charge in [0, 0.05) is 6.04 Å². The Morgan fingerprint density at radius 2 is 1.45 bits per heavy atom. The molecule has 7 heteroatoms. The predicted octanol–water partition coefficient (Wildman–Crippen LogP) is 2.23. The summed E-state index contributed by atoms with van der Waals surface area (Å²) >= 11 is 0. The van der Waals surface area contributed by atoms with Crippen molar-refractivity contribution in [2.75, 3.05) is 6.61 Å². The number of aliphatic hydroxyl groups is 1. The number of ether oxygens (including phenoxy) is 1. The first-order valence-corrected chi connectivity index (χ1v) is 9.61. The van der Waals surface area contributed by atoms with Crippen LogP contribution in [0.2, 0.25) is 0 Å². The number of urea groups is 1. The predicted molar refractivity (Wildman–Crippen MR) is 106 cm³/mol. The molecule has 0 unspecified atom stereocenters. The number of carbonyl (C=O) groups is 3. The van der Waals surface area contributed by atoms with Crippen molar-refractivity contribution in [1.82, 2.24) is 10.6 Å².